The third kappa shape index (κ3) is 5.11. The quantitative estimate of drug-likeness (QED) is 0.448. The highest BCUT2D eigenvalue weighted by Gasteiger charge is 2.06. The van der Waals surface area contributed by atoms with Gasteiger partial charge in [0.15, 0.2) is 0 Å². The van der Waals surface area contributed by atoms with E-state index in [1.54, 1.807) is 6.20 Å². The highest BCUT2D eigenvalue weighted by Crippen LogP contribution is 2.24. The van der Waals surface area contributed by atoms with Crippen LogP contribution in [0.3, 0.4) is 0 Å². The molecular weight excluding hydrogens is 360 g/mol. The van der Waals surface area contributed by atoms with Gasteiger partial charge in [-0.05, 0) is 48.0 Å². The van der Waals surface area contributed by atoms with Crippen LogP contribution < -0.4 is 15.0 Å². The Kier molecular flexibility index (Phi) is 5.67. The number of ether oxygens (including phenoxy) is 1. The smallest absolute Gasteiger partial charge is 0.229 e. The van der Waals surface area contributed by atoms with Crippen molar-refractivity contribution in [3.8, 4) is 11.5 Å². The van der Waals surface area contributed by atoms with Gasteiger partial charge >= 0.3 is 0 Å². The van der Waals surface area contributed by atoms with Gasteiger partial charge in [-0.2, -0.15) is 4.98 Å². The maximum Gasteiger partial charge on any atom is 0.229 e. The number of nitrogens with zero attached hydrogens (tertiary/aromatic N) is 3. The molecule has 0 saturated heterocycles. The molecule has 0 unspecified atom stereocenters. The molecule has 0 aliphatic rings. The number of anilines is 3. The summed E-state index contributed by atoms with van der Waals surface area (Å²) < 4.78 is 5.83. The van der Waals surface area contributed by atoms with Gasteiger partial charge in [0.05, 0.1) is 0 Å². The normalized spacial score (nSPS) is 10.4. The van der Waals surface area contributed by atoms with E-state index < -0.39 is 0 Å². The zero-order chi connectivity index (χ0) is 19.9. The van der Waals surface area contributed by atoms with Crippen LogP contribution in [0, 0.1) is 0 Å². The first-order valence-electron chi connectivity index (χ1n) is 9.44. The van der Waals surface area contributed by atoms with Crippen molar-refractivity contribution in [2.75, 3.05) is 17.3 Å². The van der Waals surface area contributed by atoms with Crippen molar-refractivity contribution in [3.05, 3.63) is 103 Å². The lowest BCUT2D eigenvalue weighted by molar-refractivity contribution is 0.483. The van der Waals surface area contributed by atoms with Gasteiger partial charge < -0.3 is 15.0 Å². The minimum atomic E-state index is 0.555. The fourth-order valence-corrected chi connectivity index (χ4v) is 2.92. The van der Waals surface area contributed by atoms with Crippen molar-refractivity contribution in [3.63, 3.8) is 0 Å². The molecule has 4 aromatic rings. The fraction of sp³-hybridized carbons (Fsp3) is 0.0833. The Hall–Kier alpha value is -3.86. The van der Waals surface area contributed by atoms with Gasteiger partial charge in [0, 0.05) is 25.5 Å². The molecule has 0 radical (unpaired) electrons. The summed E-state index contributed by atoms with van der Waals surface area (Å²) >= 11 is 0. The molecule has 1 N–H and O–H groups in total. The van der Waals surface area contributed by atoms with Crippen LogP contribution in [0.5, 0.6) is 11.5 Å². The van der Waals surface area contributed by atoms with E-state index in [0.717, 1.165) is 29.5 Å². The molecule has 29 heavy (non-hydrogen) atoms. The molecule has 0 saturated carbocycles. The lowest BCUT2D eigenvalue weighted by atomic mass is 10.2. The number of hydrogen-bond acceptors (Lipinski definition) is 5. The van der Waals surface area contributed by atoms with Crippen LogP contribution in [0.25, 0.3) is 0 Å². The van der Waals surface area contributed by atoms with Crippen molar-refractivity contribution in [2.45, 2.75) is 6.54 Å². The summed E-state index contributed by atoms with van der Waals surface area (Å²) in [5, 5.41) is 3.25. The van der Waals surface area contributed by atoms with Crippen molar-refractivity contribution in [1.82, 2.24) is 9.97 Å². The summed E-state index contributed by atoms with van der Waals surface area (Å²) in [7, 11) is 2.02. The zero-order valence-electron chi connectivity index (χ0n) is 16.2. The van der Waals surface area contributed by atoms with Crippen LogP contribution in [0.15, 0.2) is 97.2 Å². The minimum Gasteiger partial charge on any atom is -0.457 e. The standard InChI is InChI=1S/C24H22N4O/c1-28(18-19-8-4-2-5-9-19)23-16-17-25-24(27-23)26-20-12-14-22(15-13-20)29-21-10-6-3-7-11-21/h2-17H,18H2,1H3,(H,25,26,27). The van der Waals surface area contributed by atoms with Gasteiger partial charge in [-0.25, -0.2) is 4.98 Å². The van der Waals surface area contributed by atoms with Crippen LogP contribution in [0.4, 0.5) is 17.5 Å². The van der Waals surface area contributed by atoms with Crippen LogP contribution in [-0.2, 0) is 6.54 Å². The van der Waals surface area contributed by atoms with Gasteiger partial charge in [0.2, 0.25) is 5.95 Å². The SMILES string of the molecule is CN(Cc1ccccc1)c1ccnc(Nc2ccc(Oc3ccccc3)cc2)n1. The lowest BCUT2D eigenvalue weighted by Crippen LogP contribution is -2.18. The number of benzene rings is 3. The Bertz CT molecular complexity index is 1040. The first-order valence-corrected chi connectivity index (χ1v) is 9.44. The summed E-state index contributed by atoms with van der Waals surface area (Å²) in [6.07, 6.45) is 1.76. The van der Waals surface area contributed by atoms with Crippen molar-refractivity contribution in [2.24, 2.45) is 0 Å². The summed E-state index contributed by atoms with van der Waals surface area (Å²) in [6.45, 7) is 0.781. The van der Waals surface area contributed by atoms with E-state index in [-0.39, 0.29) is 0 Å². The minimum absolute atomic E-state index is 0.555. The largest absolute Gasteiger partial charge is 0.457 e. The van der Waals surface area contributed by atoms with Gasteiger partial charge in [-0.3, -0.25) is 0 Å². The summed E-state index contributed by atoms with van der Waals surface area (Å²) in [5.41, 5.74) is 2.13. The Labute approximate surface area is 170 Å². The zero-order valence-corrected chi connectivity index (χ0v) is 16.2. The van der Waals surface area contributed by atoms with E-state index in [2.05, 4.69) is 32.3 Å². The number of nitrogens with one attached hydrogen (secondary N) is 1. The van der Waals surface area contributed by atoms with Crippen molar-refractivity contribution >= 4 is 17.5 Å². The van der Waals surface area contributed by atoms with Gasteiger partial charge in [0.1, 0.15) is 17.3 Å². The molecule has 5 nitrogen and oxygen atoms in total. The third-order valence-corrected chi connectivity index (χ3v) is 4.38. The molecule has 0 aliphatic carbocycles. The average molecular weight is 382 g/mol. The first-order chi connectivity index (χ1) is 14.3. The maximum atomic E-state index is 5.83. The Morgan fingerprint density at radius 3 is 2.17 bits per heavy atom. The first kappa shape index (κ1) is 18.5. The van der Waals surface area contributed by atoms with Gasteiger partial charge in [-0.1, -0.05) is 48.5 Å². The molecule has 0 fully saturated rings. The summed E-state index contributed by atoms with van der Waals surface area (Å²) in [4.78, 5) is 11.1. The van der Waals surface area contributed by atoms with Crippen LogP contribution in [-0.4, -0.2) is 17.0 Å². The van der Waals surface area contributed by atoms with E-state index in [0.29, 0.717) is 5.95 Å². The van der Waals surface area contributed by atoms with Gasteiger partial charge in [-0.15, -0.1) is 0 Å². The number of para-hydroxylation sites is 1. The van der Waals surface area contributed by atoms with Crippen LogP contribution in [0.1, 0.15) is 5.56 Å². The Morgan fingerprint density at radius 1 is 0.793 bits per heavy atom. The van der Waals surface area contributed by atoms with E-state index in [9.17, 15) is 0 Å². The molecule has 0 bridgehead atoms. The van der Waals surface area contributed by atoms with Gasteiger partial charge in [0.25, 0.3) is 0 Å². The van der Waals surface area contributed by atoms with Crippen molar-refractivity contribution in [1.29, 1.82) is 0 Å². The molecule has 0 aliphatic heterocycles. The Morgan fingerprint density at radius 2 is 1.45 bits per heavy atom. The molecule has 1 aromatic heterocycles. The number of aromatic nitrogens is 2. The topological polar surface area (TPSA) is 50.3 Å². The predicted octanol–water partition coefficient (Wildman–Crippen LogP) is 5.65. The number of hydrogen-bond donors (Lipinski definition) is 1. The van der Waals surface area contributed by atoms with E-state index in [4.69, 9.17) is 4.74 Å². The predicted molar refractivity (Wildman–Crippen MR) is 117 cm³/mol. The third-order valence-electron chi connectivity index (χ3n) is 4.38. The monoisotopic (exact) mass is 382 g/mol. The van der Waals surface area contributed by atoms with Crippen LogP contribution in [0.2, 0.25) is 0 Å². The molecule has 3 aromatic carbocycles. The maximum absolute atomic E-state index is 5.83. The molecule has 4 rings (SSSR count). The Balaban J connectivity index is 1.41. The molecule has 5 heteroatoms. The summed E-state index contributed by atoms with van der Waals surface area (Å²) in [6, 6.07) is 29.7. The highest BCUT2D eigenvalue weighted by molar-refractivity contribution is 5.56. The second kappa shape index (κ2) is 8.89. The highest BCUT2D eigenvalue weighted by atomic mass is 16.5. The van der Waals surface area contributed by atoms with E-state index in [1.165, 1.54) is 5.56 Å². The average Bonchev–Trinajstić information content (AvgIpc) is 2.77. The van der Waals surface area contributed by atoms with Crippen molar-refractivity contribution < 1.29 is 4.74 Å². The fourth-order valence-electron chi connectivity index (χ4n) is 2.92. The molecule has 1 heterocycles. The lowest BCUT2D eigenvalue weighted by Gasteiger charge is -2.18. The second-order valence-corrected chi connectivity index (χ2v) is 6.64. The summed E-state index contributed by atoms with van der Waals surface area (Å²) in [5.74, 6) is 3.00. The molecular formula is C24H22N4O. The number of rotatable bonds is 7. The molecule has 0 atom stereocenters. The second-order valence-electron chi connectivity index (χ2n) is 6.64. The van der Waals surface area contributed by atoms with E-state index in [1.807, 2.05) is 85.9 Å². The molecule has 144 valence electrons. The molecule has 0 amide bonds. The molecule has 0 spiro atoms. The van der Waals surface area contributed by atoms with Crippen LogP contribution >= 0.6 is 0 Å². The van der Waals surface area contributed by atoms with E-state index >= 15 is 0 Å².